The van der Waals surface area contributed by atoms with E-state index in [0.717, 1.165) is 22.3 Å². The van der Waals surface area contributed by atoms with E-state index in [-0.39, 0.29) is 34.6 Å². The van der Waals surface area contributed by atoms with Crippen LogP contribution in [0.1, 0.15) is 16.9 Å². The Morgan fingerprint density at radius 3 is 2.48 bits per heavy atom. The van der Waals surface area contributed by atoms with E-state index < -0.39 is 0 Å². The van der Waals surface area contributed by atoms with Gasteiger partial charge in [-0.25, -0.2) is 0 Å². The number of nitrogens with one attached hydrogen (secondary N) is 2. The quantitative estimate of drug-likeness (QED) is 0.188. The van der Waals surface area contributed by atoms with Gasteiger partial charge in [0.25, 0.3) is 5.69 Å². The van der Waals surface area contributed by atoms with Crippen LogP contribution in [0.5, 0.6) is 0 Å². The monoisotopic (exact) mass is 480 g/mol. The molecule has 0 atom stereocenters. The number of guanidine groups is 1. The number of aliphatic imine (C=N–C) groups is 1. The average molecular weight is 480 g/mol. The van der Waals surface area contributed by atoms with Crippen LogP contribution in [0.3, 0.4) is 0 Å². The molecular weight excluding hydrogens is 459 g/mol. The first-order valence-electron chi connectivity index (χ1n) is 8.24. The lowest BCUT2D eigenvalue weighted by molar-refractivity contribution is -0.385. The number of nitrogens with zero attached hydrogens (tertiary/aromatic N) is 2. The Bertz CT molecular complexity index is 968. The van der Waals surface area contributed by atoms with Crippen molar-refractivity contribution in [3.8, 4) is 0 Å². The van der Waals surface area contributed by atoms with Gasteiger partial charge in [0.1, 0.15) is 11.3 Å². The van der Waals surface area contributed by atoms with E-state index in [2.05, 4.69) is 15.6 Å². The highest BCUT2D eigenvalue weighted by atomic mass is 127. The zero-order valence-corrected chi connectivity index (χ0v) is 17.4. The van der Waals surface area contributed by atoms with Crippen molar-refractivity contribution < 1.29 is 9.34 Å². The van der Waals surface area contributed by atoms with Gasteiger partial charge in [0.2, 0.25) is 0 Å². The minimum Gasteiger partial charge on any atom is -0.459 e. The number of benzene rings is 2. The van der Waals surface area contributed by atoms with E-state index in [0.29, 0.717) is 24.6 Å². The fraction of sp³-hybridized carbons (Fsp3) is 0.211. The standard InChI is InChI=1S/C19H20N4O3.HI/c1-13-15-8-4-6-10-17(15)26-18(13)12-22-19(20-2)21-11-14-7-3-5-9-16(14)23(24)25;/h3-10H,11-12H2,1-2H3,(H2,20,21,22);1H. The summed E-state index contributed by atoms with van der Waals surface area (Å²) in [5.41, 5.74) is 2.62. The van der Waals surface area contributed by atoms with Crippen molar-refractivity contribution in [2.75, 3.05) is 7.05 Å². The normalized spacial score (nSPS) is 11.1. The molecule has 0 spiro atoms. The molecule has 0 saturated heterocycles. The Balaban J connectivity index is 0.00000261. The van der Waals surface area contributed by atoms with Crippen LogP contribution in [0, 0.1) is 17.0 Å². The molecule has 0 aliphatic heterocycles. The second-order valence-electron chi connectivity index (χ2n) is 5.81. The molecule has 1 heterocycles. The van der Waals surface area contributed by atoms with Gasteiger partial charge in [0, 0.05) is 36.2 Å². The zero-order valence-electron chi connectivity index (χ0n) is 15.1. The van der Waals surface area contributed by atoms with Crippen molar-refractivity contribution in [2.24, 2.45) is 4.99 Å². The Morgan fingerprint density at radius 1 is 1.11 bits per heavy atom. The van der Waals surface area contributed by atoms with Gasteiger partial charge >= 0.3 is 0 Å². The average Bonchev–Trinajstić information content (AvgIpc) is 2.98. The van der Waals surface area contributed by atoms with E-state index in [1.165, 1.54) is 6.07 Å². The second kappa shape index (κ2) is 9.36. The number of hydrogen-bond acceptors (Lipinski definition) is 4. The molecule has 3 rings (SSSR count). The fourth-order valence-corrected chi connectivity index (χ4v) is 2.80. The number of furan rings is 1. The van der Waals surface area contributed by atoms with E-state index in [1.54, 1.807) is 25.2 Å². The molecule has 2 N–H and O–H groups in total. The van der Waals surface area contributed by atoms with Crippen molar-refractivity contribution in [3.05, 3.63) is 75.5 Å². The summed E-state index contributed by atoms with van der Waals surface area (Å²) in [6.07, 6.45) is 0. The van der Waals surface area contributed by atoms with Gasteiger partial charge in [0.05, 0.1) is 11.5 Å². The van der Waals surface area contributed by atoms with Gasteiger partial charge in [-0.15, -0.1) is 24.0 Å². The van der Waals surface area contributed by atoms with Gasteiger partial charge in [0.15, 0.2) is 5.96 Å². The maximum absolute atomic E-state index is 11.1. The van der Waals surface area contributed by atoms with E-state index in [4.69, 9.17) is 4.42 Å². The predicted molar refractivity (Wildman–Crippen MR) is 117 cm³/mol. The fourth-order valence-electron chi connectivity index (χ4n) is 2.80. The van der Waals surface area contributed by atoms with Crippen LogP contribution in [-0.2, 0) is 13.1 Å². The minimum absolute atomic E-state index is 0. The molecule has 0 unspecified atom stereocenters. The Morgan fingerprint density at radius 2 is 1.78 bits per heavy atom. The summed E-state index contributed by atoms with van der Waals surface area (Å²) < 4.78 is 5.87. The first-order valence-corrected chi connectivity index (χ1v) is 8.24. The summed E-state index contributed by atoms with van der Waals surface area (Å²) >= 11 is 0. The molecule has 0 radical (unpaired) electrons. The summed E-state index contributed by atoms with van der Waals surface area (Å²) in [5.74, 6) is 1.38. The molecule has 3 aromatic rings. The van der Waals surface area contributed by atoms with E-state index in [9.17, 15) is 10.1 Å². The highest BCUT2D eigenvalue weighted by molar-refractivity contribution is 14.0. The van der Waals surface area contributed by atoms with Crippen molar-refractivity contribution in [2.45, 2.75) is 20.0 Å². The van der Waals surface area contributed by atoms with Crippen LogP contribution in [0.2, 0.25) is 0 Å². The Labute approximate surface area is 174 Å². The summed E-state index contributed by atoms with van der Waals surface area (Å²) in [5, 5.41) is 18.5. The first kappa shape index (κ1) is 20.7. The Kier molecular flexibility index (Phi) is 7.17. The predicted octanol–water partition coefficient (Wildman–Crippen LogP) is 4.13. The number of para-hydroxylation sites is 2. The molecule has 0 aliphatic carbocycles. The molecule has 27 heavy (non-hydrogen) atoms. The first-order chi connectivity index (χ1) is 12.6. The maximum atomic E-state index is 11.1. The number of hydrogen-bond donors (Lipinski definition) is 2. The molecule has 0 amide bonds. The summed E-state index contributed by atoms with van der Waals surface area (Å²) in [6.45, 7) is 2.79. The van der Waals surface area contributed by atoms with Gasteiger partial charge in [-0.1, -0.05) is 36.4 Å². The summed E-state index contributed by atoms with van der Waals surface area (Å²) in [4.78, 5) is 14.9. The van der Waals surface area contributed by atoms with E-state index >= 15 is 0 Å². The molecule has 142 valence electrons. The number of fused-ring (bicyclic) bond motifs is 1. The molecule has 8 heteroatoms. The molecule has 2 aromatic carbocycles. The van der Waals surface area contributed by atoms with Crippen molar-refractivity contribution in [1.82, 2.24) is 10.6 Å². The van der Waals surface area contributed by atoms with Crippen molar-refractivity contribution in [1.29, 1.82) is 0 Å². The second-order valence-corrected chi connectivity index (χ2v) is 5.81. The van der Waals surface area contributed by atoms with Crippen LogP contribution in [0.15, 0.2) is 57.9 Å². The molecule has 1 aromatic heterocycles. The minimum atomic E-state index is -0.384. The van der Waals surface area contributed by atoms with Gasteiger partial charge in [-0.3, -0.25) is 15.1 Å². The number of halogens is 1. The number of nitro benzene ring substituents is 1. The highest BCUT2D eigenvalue weighted by Gasteiger charge is 2.13. The van der Waals surface area contributed by atoms with Gasteiger partial charge in [-0.2, -0.15) is 0 Å². The summed E-state index contributed by atoms with van der Waals surface area (Å²) in [6, 6.07) is 14.5. The molecular formula is C19H21IN4O3. The lowest BCUT2D eigenvalue weighted by Gasteiger charge is -2.11. The molecule has 0 saturated carbocycles. The molecule has 0 fully saturated rings. The number of rotatable bonds is 5. The summed E-state index contributed by atoms with van der Waals surface area (Å²) in [7, 11) is 1.65. The van der Waals surface area contributed by atoms with Gasteiger partial charge in [-0.05, 0) is 13.0 Å². The third-order valence-corrected chi connectivity index (χ3v) is 4.22. The number of nitro groups is 1. The third-order valence-electron chi connectivity index (χ3n) is 4.22. The van der Waals surface area contributed by atoms with Crippen LogP contribution in [0.4, 0.5) is 5.69 Å². The van der Waals surface area contributed by atoms with Crippen molar-refractivity contribution in [3.63, 3.8) is 0 Å². The number of aryl methyl sites for hydroxylation is 1. The SMILES string of the molecule is CN=C(NCc1ccccc1[N+](=O)[O-])NCc1oc2ccccc2c1C.I. The van der Waals surface area contributed by atoms with Crippen LogP contribution >= 0.6 is 24.0 Å². The van der Waals surface area contributed by atoms with Gasteiger partial charge < -0.3 is 15.1 Å². The lowest BCUT2D eigenvalue weighted by Crippen LogP contribution is -2.36. The van der Waals surface area contributed by atoms with Crippen LogP contribution < -0.4 is 10.6 Å². The zero-order chi connectivity index (χ0) is 18.5. The lowest BCUT2D eigenvalue weighted by atomic mass is 10.1. The molecule has 0 aliphatic rings. The third kappa shape index (κ3) is 4.76. The molecule has 7 nitrogen and oxygen atoms in total. The van der Waals surface area contributed by atoms with E-state index in [1.807, 2.05) is 31.2 Å². The Hall–Kier alpha value is -2.62. The topological polar surface area (TPSA) is 92.7 Å². The van der Waals surface area contributed by atoms with Crippen LogP contribution in [-0.4, -0.2) is 17.9 Å². The smallest absolute Gasteiger partial charge is 0.274 e. The highest BCUT2D eigenvalue weighted by Crippen LogP contribution is 2.24. The largest absolute Gasteiger partial charge is 0.459 e. The van der Waals surface area contributed by atoms with Crippen LogP contribution in [0.25, 0.3) is 11.0 Å². The molecule has 0 bridgehead atoms. The van der Waals surface area contributed by atoms with Crippen molar-refractivity contribution >= 4 is 46.6 Å². The maximum Gasteiger partial charge on any atom is 0.274 e.